The van der Waals surface area contributed by atoms with Crippen LogP contribution in [-0.2, 0) is 17.8 Å². The molecule has 0 bridgehead atoms. The molecular formula is C18H26IN3O2S. The van der Waals surface area contributed by atoms with Crippen molar-refractivity contribution in [3.05, 3.63) is 51.7 Å². The predicted molar refractivity (Wildman–Crippen MR) is 115 cm³/mol. The third kappa shape index (κ3) is 8.06. The van der Waals surface area contributed by atoms with Gasteiger partial charge < -0.3 is 20.1 Å². The zero-order valence-corrected chi connectivity index (χ0v) is 18.0. The Labute approximate surface area is 170 Å². The van der Waals surface area contributed by atoms with Gasteiger partial charge in [0.05, 0.1) is 13.2 Å². The van der Waals surface area contributed by atoms with Crippen molar-refractivity contribution in [3.8, 4) is 5.75 Å². The fourth-order valence-corrected chi connectivity index (χ4v) is 2.93. The van der Waals surface area contributed by atoms with Crippen molar-refractivity contribution in [3.63, 3.8) is 0 Å². The number of nitrogens with one attached hydrogen (secondary N) is 2. The monoisotopic (exact) mass is 475 g/mol. The first-order valence-corrected chi connectivity index (χ1v) is 8.73. The molecule has 0 aliphatic carbocycles. The van der Waals surface area contributed by atoms with Crippen LogP contribution in [-0.4, -0.2) is 33.3 Å². The summed E-state index contributed by atoms with van der Waals surface area (Å²) in [7, 11) is 3.44. The first-order valence-electron chi connectivity index (χ1n) is 7.92. The van der Waals surface area contributed by atoms with Gasteiger partial charge in [-0.15, -0.1) is 35.3 Å². The second-order valence-electron chi connectivity index (χ2n) is 5.28. The van der Waals surface area contributed by atoms with E-state index in [1.165, 1.54) is 15.3 Å². The lowest BCUT2D eigenvalue weighted by Crippen LogP contribution is -2.36. The minimum absolute atomic E-state index is 0. The van der Waals surface area contributed by atoms with Gasteiger partial charge in [0.2, 0.25) is 0 Å². The van der Waals surface area contributed by atoms with Gasteiger partial charge in [-0.25, -0.2) is 0 Å². The van der Waals surface area contributed by atoms with Gasteiger partial charge in [0.1, 0.15) is 12.4 Å². The molecule has 0 spiro atoms. The second kappa shape index (κ2) is 12.1. The highest BCUT2D eigenvalue weighted by Gasteiger charge is 2.01. The highest BCUT2D eigenvalue weighted by atomic mass is 127. The third-order valence-corrected chi connectivity index (χ3v) is 4.39. The van der Waals surface area contributed by atoms with Gasteiger partial charge in [-0.1, -0.05) is 12.1 Å². The van der Waals surface area contributed by atoms with Crippen LogP contribution in [0.3, 0.4) is 0 Å². The normalized spacial score (nSPS) is 10.9. The quantitative estimate of drug-likeness (QED) is 0.265. The number of aliphatic imine (C=N–C) groups is 1. The summed E-state index contributed by atoms with van der Waals surface area (Å²) in [5.74, 6) is 1.65. The highest BCUT2D eigenvalue weighted by molar-refractivity contribution is 14.0. The molecule has 2 rings (SSSR count). The maximum atomic E-state index is 5.56. The number of halogens is 1. The van der Waals surface area contributed by atoms with Crippen LogP contribution >= 0.6 is 35.3 Å². The van der Waals surface area contributed by atoms with Gasteiger partial charge in [0, 0.05) is 30.5 Å². The third-order valence-electron chi connectivity index (χ3n) is 3.39. The van der Waals surface area contributed by atoms with Gasteiger partial charge >= 0.3 is 0 Å². The van der Waals surface area contributed by atoms with E-state index < -0.39 is 0 Å². The molecule has 7 heteroatoms. The molecule has 0 aliphatic rings. The smallest absolute Gasteiger partial charge is 0.191 e. The number of thiophene rings is 1. The molecule has 5 nitrogen and oxygen atoms in total. The Morgan fingerprint density at radius 2 is 1.76 bits per heavy atom. The number of ether oxygens (including phenoxy) is 2. The Hall–Kier alpha value is -1.32. The number of hydrogen-bond donors (Lipinski definition) is 2. The summed E-state index contributed by atoms with van der Waals surface area (Å²) in [4.78, 5) is 6.87. The fourth-order valence-electron chi connectivity index (χ4n) is 2.10. The summed E-state index contributed by atoms with van der Waals surface area (Å²) in [5.41, 5.74) is 1.17. The van der Waals surface area contributed by atoms with Gasteiger partial charge in [-0.2, -0.15) is 0 Å². The van der Waals surface area contributed by atoms with Crippen LogP contribution in [0.4, 0.5) is 0 Å². The molecule has 0 radical (unpaired) electrons. The molecule has 2 N–H and O–H groups in total. The fraction of sp³-hybridized carbons (Fsp3) is 0.389. The maximum Gasteiger partial charge on any atom is 0.191 e. The van der Waals surface area contributed by atoms with Crippen molar-refractivity contribution < 1.29 is 9.47 Å². The Bertz CT molecular complexity index is 644. The van der Waals surface area contributed by atoms with Crippen molar-refractivity contribution >= 4 is 41.3 Å². The molecule has 0 atom stereocenters. The predicted octanol–water partition coefficient (Wildman–Crippen LogP) is 3.56. The van der Waals surface area contributed by atoms with Crippen LogP contribution in [0.2, 0.25) is 0 Å². The average molecular weight is 475 g/mol. The molecule has 0 amide bonds. The Morgan fingerprint density at radius 3 is 2.36 bits per heavy atom. The van der Waals surface area contributed by atoms with Crippen LogP contribution < -0.4 is 15.4 Å². The Morgan fingerprint density at radius 1 is 1.04 bits per heavy atom. The summed E-state index contributed by atoms with van der Waals surface area (Å²) in [5, 5.41) is 6.64. The van der Waals surface area contributed by atoms with E-state index in [0.717, 1.165) is 18.3 Å². The van der Waals surface area contributed by atoms with E-state index in [0.29, 0.717) is 19.8 Å². The van der Waals surface area contributed by atoms with Crippen molar-refractivity contribution in [2.45, 2.75) is 20.0 Å². The first kappa shape index (κ1) is 21.7. The molecule has 1 aromatic carbocycles. The molecule has 0 unspecified atom stereocenters. The molecule has 0 saturated heterocycles. The summed E-state index contributed by atoms with van der Waals surface area (Å²) < 4.78 is 10.5. The molecule has 138 valence electrons. The minimum Gasteiger partial charge on any atom is -0.491 e. The molecule has 1 heterocycles. The SMILES string of the molecule is CN=C(NCc1ccc(OCCOC)cc1)NCc1ccc(C)s1.I. The summed E-state index contributed by atoms with van der Waals surface area (Å²) in [6.07, 6.45) is 0. The lowest BCUT2D eigenvalue weighted by molar-refractivity contribution is 0.146. The van der Waals surface area contributed by atoms with E-state index in [1.807, 2.05) is 24.3 Å². The van der Waals surface area contributed by atoms with E-state index in [-0.39, 0.29) is 24.0 Å². The van der Waals surface area contributed by atoms with Crippen LogP contribution in [0.15, 0.2) is 41.4 Å². The number of hydrogen-bond acceptors (Lipinski definition) is 4. The van der Waals surface area contributed by atoms with Gasteiger partial charge in [-0.3, -0.25) is 4.99 Å². The van der Waals surface area contributed by atoms with Crippen LogP contribution in [0.25, 0.3) is 0 Å². The summed E-state index contributed by atoms with van der Waals surface area (Å²) in [6.45, 7) is 4.76. The number of benzene rings is 1. The van der Waals surface area contributed by atoms with E-state index >= 15 is 0 Å². The standard InChI is InChI=1S/C18H25N3O2S.HI/c1-14-4-9-17(24-14)13-21-18(19-2)20-12-15-5-7-16(8-6-15)23-11-10-22-3;/h4-9H,10-13H2,1-3H3,(H2,19,20,21);1H. The van der Waals surface area contributed by atoms with Crippen molar-refractivity contribution in [2.75, 3.05) is 27.4 Å². The molecule has 2 aromatic rings. The second-order valence-corrected chi connectivity index (χ2v) is 6.65. The zero-order chi connectivity index (χ0) is 17.2. The number of methoxy groups -OCH3 is 1. The lowest BCUT2D eigenvalue weighted by atomic mass is 10.2. The number of aryl methyl sites for hydroxylation is 1. The van der Waals surface area contributed by atoms with Crippen molar-refractivity contribution in [1.82, 2.24) is 10.6 Å². The van der Waals surface area contributed by atoms with E-state index in [9.17, 15) is 0 Å². The van der Waals surface area contributed by atoms with Crippen molar-refractivity contribution in [1.29, 1.82) is 0 Å². The molecule has 0 aliphatic heterocycles. The Balaban J connectivity index is 0.00000312. The molecule has 0 saturated carbocycles. The highest BCUT2D eigenvalue weighted by Crippen LogP contribution is 2.14. The Kier molecular flexibility index (Phi) is 10.5. The maximum absolute atomic E-state index is 5.56. The average Bonchev–Trinajstić information content (AvgIpc) is 3.02. The van der Waals surface area contributed by atoms with Gasteiger partial charge in [-0.05, 0) is 36.8 Å². The van der Waals surface area contributed by atoms with Crippen LogP contribution in [0, 0.1) is 6.92 Å². The van der Waals surface area contributed by atoms with E-state index in [4.69, 9.17) is 9.47 Å². The van der Waals surface area contributed by atoms with Crippen LogP contribution in [0.1, 0.15) is 15.3 Å². The van der Waals surface area contributed by atoms with Crippen molar-refractivity contribution in [2.24, 2.45) is 4.99 Å². The van der Waals surface area contributed by atoms with E-state index in [1.54, 1.807) is 25.5 Å². The molecule has 0 fully saturated rings. The van der Waals surface area contributed by atoms with Crippen LogP contribution in [0.5, 0.6) is 5.75 Å². The van der Waals surface area contributed by atoms with E-state index in [2.05, 4.69) is 34.7 Å². The number of guanidine groups is 1. The molecular weight excluding hydrogens is 449 g/mol. The summed E-state index contributed by atoms with van der Waals surface area (Å²) >= 11 is 1.80. The first-order chi connectivity index (χ1) is 11.7. The number of rotatable bonds is 8. The summed E-state index contributed by atoms with van der Waals surface area (Å²) in [6, 6.07) is 12.3. The zero-order valence-electron chi connectivity index (χ0n) is 14.9. The van der Waals surface area contributed by atoms with Gasteiger partial charge in [0.15, 0.2) is 5.96 Å². The minimum atomic E-state index is 0. The molecule has 25 heavy (non-hydrogen) atoms. The number of nitrogens with zero attached hydrogens (tertiary/aromatic N) is 1. The lowest BCUT2D eigenvalue weighted by Gasteiger charge is -2.12. The van der Waals surface area contributed by atoms with Gasteiger partial charge in [0.25, 0.3) is 0 Å². The topological polar surface area (TPSA) is 54.9 Å². The molecule has 1 aromatic heterocycles. The largest absolute Gasteiger partial charge is 0.491 e.